The quantitative estimate of drug-likeness (QED) is 0.555. The summed E-state index contributed by atoms with van der Waals surface area (Å²) in [6.07, 6.45) is 1.67. The highest BCUT2D eigenvalue weighted by atomic mass is 16.6. The molecule has 2 aliphatic rings. The van der Waals surface area contributed by atoms with E-state index in [1.807, 2.05) is 30.3 Å². The Hall–Kier alpha value is -3.46. The Kier molecular flexibility index (Phi) is 8.53. The molecule has 9 heteroatoms. The van der Waals surface area contributed by atoms with Crippen molar-refractivity contribution in [2.45, 2.75) is 19.3 Å². The number of hydrogen-bond acceptors (Lipinski definition) is 8. The molecule has 0 bridgehead atoms. The van der Waals surface area contributed by atoms with Crippen molar-refractivity contribution >= 4 is 12.1 Å². The normalized spacial score (nSPS) is 19.9. The molecule has 0 saturated carbocycles. The van der Waals surface area contributed by atoms with Crippen molar-refractivity contribution in [3.8, 4) is 23.0 Å². The van der Waals surface area contributed by atoms with E-state index in [2.05, 4.69) is 5.32 Å². The molecule has 9 nitrogen and oxygen atoms in total. The van der Waals surface area contributed by atoms with Gasteiger partial charge in [0.25, 0.3) is 0 Å². The molecule has 2 aromatic carbocycles. The number of amides is 1. The van der Waals surface area contributed by atoms with E-state index in [9.17, 15) is 9.59 Å². The number of rotatable bonds is 8. The number of nitrogens with one attached hydrogen (secondary N) is 1. The maximum Gasteiger partial charge on any atom is 0.415 e. The van der Waals surface area contributed by atoms with Gasteiger partial charge in [0, 0.05) is 25.6 Å². The van der Waals surface area contributed by atoms with Gasteiger partial charge in [0.05, 0.1) is 33.9 Å². The van der Waals surface area contributed by atoms with Gasteiger partial charge in [-0.15, -0.1) is 0 Å². The van der Waals surface area contributed by atoms with Crippen LogP contribution in [-0.2, 0) is 22.4 Å². The van der Waals surface area contributed by atoms with Crippen LogP contribution in [0.15, 0.2) is 36.4 Å². The first kappa shape index (κ1) is 25.6. The van der Waals surface area contributed by atoms with Crippen molar-refractivity contribution in [2.75, 3.05) is 54.1 Å². The predicted molar refractivity (Wildman–Crippen MR) is 133 cm³/mol. The fourth-order valence-corrected chi connectivity index (χ4v) is 4.73. The molecule has 2 heterocycles. The third-order valence-corrected chi connectivity index (χ3v) is 6.74. The molecule has 2 aliphatic heterocycles. The van der Waals surface area contributed by atoms with Crippen LogP contribution in [0.2, 0.25) is 0 Å². The van der Waals surface area contributed by atoms with E-state index in [1.54, 1.807) is 25.2 Å². The van der Waals surface area contributed by atoms with Crippen LogP contribution in [0.3, 0.4) is 0 Å². The Morgan fingerprint density at radius 3 is 2.31 bits per heavy atom. The third kappa shape index (κ3) is 6.02. The predicted octanol–water partition coefficient (Wildman–Crippen LogP) is 3.08. The molecule has 2 saturated heterocycles. The Labute approximate surface area is 211 Å². The van der Waals surface area contributed by atoms with Crippen molar-refractivity contribution in [1.29, 1.82) is 0 Å². The Morgan fingerprint density at radius 2 is 1.58 bits per heavy atom. The Morgan fingerprint density at radius 1 is 0.917 bits per heavy atom. The number of cyclic esters (lactones) is 1. The number of hydrogen-bond donors (Lipinski definition) is 1. The standard InChI is InChI=1S/C27H34N2O7/c1-32-22-7-5-18(15-24(22)33-2)13-20-17-35-26(30)21(20)14-19-6-8-23(25(16-19)34-3)36-27(31)29-11-4-9-28-10-12-29/h5-8,15-16,20-21,28H,4,9-14,17H2,1-3H3/t20-,21+/m0/s1. The number of ether oxygens (including phenoxy) is 5. The van der Waals surface area contributed by atoms with Crippen LogP contribution in [0, 0.1) is 11.8 Å². The van der Waals surface area contributed by atoms with Crippen LogP contribution < -0.4 is 24.3 Å². The molecule has 2 atom stereocenters. The highest BCUT2D eigenvalue weighted by Crippen LogP contribution is 2.35. The zero-order valence-electron chi connectivity index (χ0n) is 21.1. The summed E-state index contributed by atoms with van der Waals surface area (Å²) in [6.45, 7) is 3.25. The second-order valence-electron chi connectivity index (χ2n) is 9.04. The van der Waals surface area contributed by atoms with Crippen LogP contribution >= 0.6 is 0 Å². The minimum Gasteiger partial charge on any atom is -0.493 e. The fourth-order valence-electron chi connectivity index (χ4n) is 4.73. The number of methoxy groups -OCH3 is 3. The number of nitrogens with zero attached hydrogens (tertiary/aromatic N) is 1. The highest BCUT2D eigenvalue weighted by Gasteiger charge is 2.37. The molecule has 0 aromatic heterocycles. The van der Waals surface area contributed by atoms with Crippen LogP contribution in [0.4, 0.5) is 4.79 Å². The van der Waals surface area contributed by atoms with Crippen LogP contribution in [0.25, 0.3) is 0 Å². The summed E-state index contributed by atoms with van der Waals surface area (Å²) < 4.78 is 27.3. The van der Waals surface area contributed by atoms with E-state index in [0.717, 1.165) is 30.6 Å². The monoisotopic (exact) mass is 498 g/mol. The van der Waals surface area contributed by atoms with Crippen LogP contribution in [-0.4, -0.2) is 71.1 Å². The first-order chi connectivity index (χ1) is 17.5. The molecule has 2 fully saturated rings. The fraction of sp³-hybridized carbons (Fsp3) is 0.481. The average molecular weight is 499 g/mol. The van der Waals surface area contributed by atoms with Gasteiger partial charge in [0.15, 0.2) is 23.0 Å². The maximum atomic E-state index is 12.6. The zero-order valence-corrected chi connectivity index (χ0v) is 21.1. The smallest absolute Gasteiger partial charge is 0.415 e. The minimum absolute atomic E-state index is 0.0238. The van der Waals surface area contributed by atoms with Crippen molar-refractivity contribution in [1.82, 2.24) is 10.2 Å². The first-order valence-corrected chi connectivity index (χ1v) is 12.2. The van der Waals surface area contributed by atoms with Gasteiger partial charge in [0.1, 0.15) is 0 Å². The summed E-state index contributed by atoms with van der Waals surface area (Å²) in [5.74, 6) is 1.66. The molecule has 4 rings (SSSR count). The van der Waals surface area contributed by atoms with Gasteiger partial charge in [-0.05, 0) is 61.2 Å². The van der Waals surface area contributed by atoms with E-state index in [1.165, 1.54) is 7.11 Å². The lowest BCUT2D eigenvalue weighted by atomic mass is 9.85. The number of carbonyl (C=O) groups is 2. The first-order valence-electron chi connectivity index (χ1n) is 12.2. The highest BCUT2D eigenvalue weighted by molar-refractivity contribution is 5.75. The van der Waals surface area contributed by atoms with Crippen molar-refractivity contribution in [2.24, 2.45) is 11.8 Å². The van der Waals surface area contributed by atoms with Gasteiger partial charge in [-0.1, -0.05) is 12.1 Å². The largest absolute Gasteiger partial charge is 0.493 e. The Bertz CT molecular complexity index is 1070. The summed E-state index contributed by atoms with van der Waals surface area (Å²) in [5.41, 5.74) is 1.95. The van der Waals surface area contributed by atoms with Crippen LogP contribution in [0.1, 0.15) is 17.5 Å². The lowest BCUT2D eigenvalue weighted by Crippen LogP contribution is -2.36. The molecule has 194 valence electrons. The van der Waals surface area contributed by atoms with Crippen molar-refractivity contribution in [3.05, 3.63) is 47.5 Å². The molecule has 1 amide bonds. The lowest BCUT2D eigenvalue weighted by molar-refractivity contribution is -0.141. The van der Waals surface area contributed by atoms with Gasteiger partial charge in [-0.25, -0.2) is 4.79 Å². The molecular formula is C27H34N2O7. The van der Waals surface area contributed by atoms with E-state index in [4.69, 9.17) is 23.7 Å². The molecule has 36 heavy (non-hydrogen) atoms. The van der Waals surface area contributed by atoms with Gasteiger partial charge in [-0.2, -0.15) is 0 Å². The molecule has 0 unspecified atom stereocenters. The average Bonchev–Trinajstić information content (AvgIpc) is 3.08. The van der Waals surface area contributed by atoms with Gasteiger partial charge in [-0.3, -0.25) is 4.79 Å². The summed E-state index contributed by atoms with van der Waals surface area (Å²) in [5, 5.41) is 3.27. The van der Waals surface area contributed by atoms with Crippen molar-refractivity contribution in [3.63, 3.8) is 0 Å². The summed E-state index contributed by atoms with van der Waals surface area (Å²) >= 11 is 0. The molecule has 0 spiro atoms. The number of carbonyl (C=O) groups excluding carboxylic acids is 2. The summed E-state index contributed by atoms with van der Waals surface area (Å²) in [4.78, 5) is 26.9. The zero-order chi connectivity index (χ0) is 25.5. The molecule has 1 N–H and O–H groups in total. The molecular weight excluding hydrogens is 464 g/mol. The second kappa shape index (κ2) is 12.0. The SMILES string of the molecule is COc1ccc(C[C@H]2COC(=O)[C@@H]2Cc2ccc(OC(=O)N3CCCNCC3)c(OC)c2)cc1OC. The summed E-state index contributed by atoms with van der Waals surface area (Å²) in [6, 6.07) is 11.2. The van der Waals surface area contributed by atoms with Gasteiger partial charge < -0.3 is 33.9 Å². The number of esters is 1. The van der Waals surface area contributed by atoms with E-state index in [0.29, 0.717) is 55.5 Å². The number of benzene rings is 2. The van der Waals surface area contributed by atoms with Crippen molar-refractivity contribution < 1.29 is 33.3 Å². The van der Waals surface area contributed by atoms with Gasteiger partial charge in [0.2, 0.25) is 0 Å². The maximum absolute atomic E-state index is 12.6. The van der Waals surface area contributed by atoms with E-state index >= 15 is 0 Å². The topological polar surface area (TPSA) is 95.6 Å². The van der Waals surface area contributed by atoms with E-state index in [-0.39, 0.29) is 23.9 Å². The molecule has 2 aromatic rings. The minimum atomic E-state index is -0.390. The van der Waals surface area contributed by atoms with Gasteiger partial charge >= 0.3 is 12.1 Å². The molecule has 0 aliphatic carbocycles. The summed E-state index contributed by atoms with van der Waals surface area (Å²) in [7, 11) is 4.74. The Balaban J connectivity index is 1.44. The molecule has 0 radical (unpaired) electrons. The third-order valence-electron chi connectivity index (χ3n) is 6.74. The second-order valence-corrected chi connectivity index (χ2v) is 9.04. The van der Waals surface area contributed by atoms with E-state index < -0.39 is 0 Å². The van der Waals surface area contributed by atoms with Crippen LogP contribution in [0.5, 0.6) is 23.0 Å². The lowest BCUT2D eigenvalue weighted by Gasteiger charge is -2.20.